The molecule has 0 saturated heterocycles. The first-order valence-corrected chi connectivity index (χ1v) is 9.91. The van der Waals surface area contributed by atoms with Gasteiger partial charge in [0.1, 0.15) is 0 Å². The topological polar surface area (TPSA) is 3.24 Å². The van der Waals surface area contributed by atoms with Gasteiger partial charge in [-0.05, 0) is 71.0 Å². The summed E-state index contributed by atoms with van der Waals surface area (Å²) < 4.78 is 0. The minimum absolute atomic E-state index is 1.02. The zero-order valence-electron chi connectivity index (χ0n) is 16.1. The Bertz CT molecular complexity index is 1110. The van der Waals surface area contributed by atoms with Gasteiger partial charge in [-0.2, -0.15) is 0 Å². The first-order chi connectivity index (χ1) is 13.8. The molecule has 4 aromatic carbocycles. The number of hydrogen-bond donors (Lipinski definition) is 0. The highest BCUT2D eigenvalue weighted by Gasteiger charge is 2.25. The van der Waals surface area contributed by atoms with Crippen molar-refractivity contribution in [1.29, 1.82) is 0 Å². The average Bonchev–Trinajstić information content (AvgIpc) is 3.18. The molecular weight excluding hydrogens is 338 g/mol. The van der Waals surface area contributed by atoms with Crippen LogP contribution in [0.4, 0.5) is 11.4 Å². The molecule has 1 aliphatic heterocycles. The van der Waals surface area contributed by atoms with Crippen LogP contribution < -0.4 is 4.90 Å². The van der Waals surface area contributed by atoms with Crippen molar-refractivity contribution >= 4 is 11.4 Å². The van der Waals surface area contributed by atoms with Crippen LogP contribution in [0.25, 0.3) is 22.3 Å². The normalized spacial score (nSPS) is 12.8. The van der Waals surface area contributed by atoms with Crippen molar-refractivity contribution in [3.63, 3.8) is 0 Å². The first kappa shape index (κ1) is 16.8. The summed E-state index contributed by atoms with van der Waals surface area (Å²) in [6, 6.07) is 35.0. The van der Waals surface area contributed by atoms with Crippen LogP contribution in [0, 0.1) is 6.92 Å². The molecule has 0 saturated carbocycles. The molecule has 1 aliphatic rings. The van der Waals surface area contributed by atoms with Crippen molar-refractivity contribution < 1.29 is 0 Å². The van der Waals surface area contributed by atoms with E-state index in [1.807, 2.05) is 0 Å². The summed E-state index contributed by atoms with van der Waals surface area (Å²) in [6.45, 7) is 3.19. The predicted octanol–water partition coefficient (Wildman–Crippen LogP) is 7.02. The standard InChI is InChI=1S/C27H23N/c1-20-9-8-14-24(17-20)28-16-15-25-26(22-12-6-3-7-13-22)18-23(19-27(25)28)21-10-4-2-5-11-21/h2-14,17-19H,15-16H2,1H3. The fourth-order valence-corrected chi connectivity index (χ4v) is 4.24. The highest BCUT2D eigenvalue weighted by molar-refractivity contribution is 5.86. The lowest BCUT2D eigenvalue weighted by Gasteiger charge is -2.22. The number of rotatable bonds is 3. The molecule has 0 aromatic heterocycles. The maximum absolute atomic E-state index is 2.47. The second-order valence-electron chi connectivity index (χ2n) is 7.49. The van der Waals surface area contributed by atoms with Gasteiger partial charge in [-0.15, -0.1) is 0 Å². The highest BCUT2D eigenvalue weighted by Crippen LogP contribution is 2.43. The summed E-state index contributed by atoms with van der Waals surface area (Å²) >= 11 is 0. The first-order valence-electron chi connectivity index (χ1n) is 9.91. The van der Waals surface area contributed by atoms with E-state index >= 15 is 0 Å². The third-order valence-corrected chi connectivity index (χ3v) is 5.61. The maximum Gasteiger partial charge on any atom is 0.0456 e. The molecule has 136 valence electrons. The molecule has 1 nitrogen and oxygen atoms in total. The molecule has 1 heterocycles. The van der Waals surface area contributed by atoms with Gasteiger partial charge in [0.15, 0.2) is 0 Å². The van der Waals surface area contributed by atoms with Crippen LogP contribution in [0.15, 0.2) is 97.1 Å². The largest absolute Gasteiger partial charge is 0.341 e. The van der Waals surface area contributed by atoms with Gasteiger partial charge in [0, 0.05) is 17.9 Å². The number of aryl methyl sites for hydroxylation is 1. The lowest BCUT2D eigenvalue weighted by atomic mass is 9.93. The third-order valence-electron chi connectivity index (χ3n) is 5.61. The van der Waals surface area contributed by atoms with E-state index in [0.29, 0.717) is 0 Å². The summed E-state index contributed by atoms with van der Waals surface area (Å²) in [7, 11) is 0. The lowest BCUT2D eigenvalue weighted by molar-refractivity contribution is 0.998. The van der Waals surface area contributed by atoms with Crippen molar-refractivity contribution in [2.75, 3.05) is 11.4 Å². The molecule has 0 amide bonds. The van der Waals surface area contributed by atoms with E-state index in [9.17, 15) is 0 Å². The number of nitrogens with zero attached hydrogens (tertiary/aromatic N) is 1. The summed E-state index contributed by atoms with van der Waals surface area (Å²) in [6.07, 6.45) is 1.07. The van der Waals surface area contributed by atoms with Crippen LogP contribution in [0.5, 0.6) is 0 Å². The van der Waals surface area contributed by atoms with Gasteiger partial charge in [-0.1, -0.05) is 72.8 Å². The van der Waals surface area contributed by atoms with Crippen LogP contribution in [0.2, 0.25) is 0 Å². The lowest BCUT2D eigenvalue weighted by Crippen LogP contribution is -2.13. The van der Waals surface area contributed by atoms with E-state index in [2.05, 4.69) is 109 Å². The maximum atomic E-state index is 2.47. The van der Waals surface area contributed by atoms with E-state index < -0.39 is 0 Å². The molecule has 0 fully saturated rings. The smallest absolute Gasteiger partial charge is 0.0456 e. The molecular formula is C27H23N. The molecule has 1 heteroatoms. The fraction of sp³-hybridized carbons (Fsp3) is 0.111. The molecule has 0 unspecified atom stereocenters. The molecule has 0 bridgehead atoms. The summed E-state index contributed by atoms with van der Waals surface area (Å²) in [5, 5.41) is 0. The predicted molar refractivity (Wildman–Crippen MR) is 119 cm³/mol. The quantitative estimate of drug-likeness (QED) is 0.379. The zero-order valence-corrected chi connectivity index (χ0v) is 16.1. The summed E-state index contributed by atoms with van der Waals surface area (Å²) in [5.74, 6) is 0. The van der Waals surface area contributed by atoms with E-state index in [1.165, 1.54) is 44.8 Å². The molecule has 0 N–H and O–H groups in total. The van der Waals surface area contributed by atoms with Gasteiger partial charge < -0.3 is 4.90 Å². The molecule has 5 rings (SSSR count). The van der Waals surface area contributed by atoms with Crippen molar-refractivity contribution in [2.45, 2.75) is 13.3 Å². The van der Waals surface area contributed by atoms with Gasteiger partial charge in [-0.3, -0.25) is 0 Å². The van der Waals surface area contributed by atoms with E-state index in [1.54, 1.807) is 0 Å². The van der Waals surface area contributed by atoms with Crippen LogP contribution in [-0.4, -0.2) is 6.54 Å². The van der Waals surface area contributed by atoms with Crippen LogP contribution in [-0.2, 0) is 6.42 Å². The zero-order chi connectivity index (χ0) is 18.9. The van der Waals surface area contributed by atoms with Crippen molar-refractivity contribution in [1.82, 2.24) is 0 Å². The van der Waals surface area contributed by atoms with Gasteiger partial charge >= 0.3 is 0 Å². The monoisotopic (exact) mass is 361 g/mol. The summed E-state index contributed by atoms with van der Waals surface area (Å²) in [5.41, 5.74) is 10.6. The second kappa shape index (κ2) is 7.01. The Morgan fingerprint density at radius 3 is 2.07 bits per heavy atom. The van der Waals surface area contributed by atoms with Gasteiger partial charge in [0.05, 0.1) is 0 Å². The van der Waals surface area contributed by atoms with Gasteiger partial charge in [0.2, 0.25) is 0 Å². The fourth-order valence-electron chi connectivity index (χ4n) is 4.24. The Morgan fingerprint density at radius 1 is 0.643 bits per heavy atom. The Hall–Kier alpha value is -3.32. The number of benzene rings is 4. The highest BCUT2D eigenvalue weighted by atomic mass is 15.2. The summed E-state index contributed by atoms with van der Waals surface area (Å²) in [4.78, 5) is 2.47. The van der Waals surface area contributed by atoms with Crippen LogP contribution in [0.3, 0.4) is 0 Å². The SMILES string of the molecule is Cc1cccc(N2CCc3c(-c4ccccc4)cc(-c4ccccc4)cc32)c1. The minimum atomic E-state index is 1.02. The van der Waals surface area contributed by atoms with Crippen LogP contribution in [0.1, 0.15) is 11.1 Å². The molecule has 0 radical (unpaired) electrons. The number of hydrogen-bond acceptors (Lipinski definition) is 1. The molecule has 0 aliphatic carbocycles. The number of fused-ring (bicyclic) bond motifs is 1. The third kappa shape index (κ3) is 2.99. The molecule has 28 heavy (non-hydrogen) atoms. The Morgan fingerprint density at radius 2 is 1.36 bits per heavy atom. The second-order valence-corrected chi connectivity index (χ2v) is 7.49. The van der Waals surface area contributed by atoms with Crippen LogP contribution >= 0.6 is 0 Å². The van der Waals surface area contributed by atoms with Gasteiger partial charge in [0.25, 0.3) is 0 Å². The van der Waals surface area contributed by atoms with E-state index in [4.69, 9.17) is 0 Å². The Balaban J connectivity index is 1.72. The minimum Gasteiger partial charge on any atom is -0.341 e. The molecule has 0 atom stereocenters. The van der Waals surface area contributed by atoms with Crippen molar-refractivity contribution in [2.24, 2.45) is 0 Å². The number of anilines is 2. The molecule has 0 spiro atoms. The van der Waals surface area contributed by atoms with E-state index in [0.717, 1.165) is 13.0 Å². The van der Waals surface area contributed by atoms with Gasteiger partial charge in [-0.25, -0.2) is 0 Å². The Kier molecular flexibility index (Phi) is 4.21. The Labute approximate surface area is 166 Å². The molecule has 4 aromatic rings. The average molecular weight is 361 g/mol. The van der Waals surface area contributed by atoms with Crippen molar-refractivity contribution in [3.05, 3.63) is 108 Å². The van der Waals surface area contributed by atoms with Crippen molar-refractivity contribution in [3.8, 4) is 22.3 Å². The van der Waals surface area contributed by atoms with E-state index in [-0.39, 0.29) is 0 Å².